The van der Waals surface area contributed by atoms with E-state index in [9.17, 15) is 9.59 Å². The zero-order valence-electron chi connectivity index (χ0n) is 17.4. The van der Waals surface area contributed by atoms with Gasteiger partial charge in [-0.2, -0.15) is 0 Å². The minimum atomic E-state index is -0.205. The van der Waals surface area contributed by atoms with Crippen LogP contribution in [0, 0.1) is 19.8 Å². The maximum atomic E-state index is 12.6. The van der Waals surface area contributed by atoms with Crippen molar-refractivity contribution in [3.8, 4) is 0 Å². The van der Waals surface area contributed by atoms with Crippen molar-refractivity contribution in [2.45, 2.75) is 33.1 Å². The molecule has 1 aromatic heterocycles. The lowest BCUT2D eigenvalue weighted by Crippen LogP contribution is -2.38. The van der Waals surface area contributed by atoms with Gasteiger partial charge in [-0.25, -0.2) is 0 Å². The predicted octanol–water partition coefficient (Wildman–Crippen LogP) is 3.93. The van der Waals surface area contributed by atoms with E-state index in [0.29, 0.717) is 0 Å². The van der Waals surface area contributed by atoms with Crippen molar-refractivity contribution >= 4 is 34.2 Å². The summed E-state index contributed by atoms with van der Waals surface area (Å²) in [6.07, 6.45) is 3.50. The summed E-state index contributed by atoms with van der Waals surface area (Å²) in [4.78, 5) is 26.1. The van der Waals surface area contributed by atoms with Crippen molar-refractivity contribution in [3.63, 3.8) is 0 Å². The molecule has 0 bridgehead atoms. The highest BCUT2D eigenvalue weighted by Gasteiger charge is 2.23. The van der Waals surface area contributed by atoms with Crippen LogP contribution >= 0.6 is 0 Å². The summed E-state index contributed by atoms with van der Waals surface area (Å²) < 4.78 is 5.63. The van der Waals surface area contributed by atoms with E-state index in [0.717, 1.165) is 53.8 Å². The van der Waals surface area contributed by atoms with Gasteiger partial charge in [-0.05, 0) is 74.2 Å². The van der Waals surface area contributed by atoms with Crippen LogP contribution in [0.1, 0.15) is 29.5 Å². The monoisotopic (exact) mass is 405 g/mol. The SMILES string of the molecule is Cc1cc2occ(CC(=O)Nc3ccc(N4CCC(C(N)=O)CC4)cc3)c2cc1C. The van der Waals surface area contributed by atoms with E-state index in [1.54, 1.807) is 6.26 Å². The van der Waals surface area contributed by atoms with Crippen LogP contribution in [-0.2, 0) is 16.0 Å². The maximum absolute atomic E-state index is 12.6. The van der Waals surface area contributed by atoms with Crippen molar-refractivity contribution < 1.29 is 14.0 Å². The van der Waals surface area contributed by atoms with E-state index in [1.807, 2.05) is 37.3 Å². The number of nitrogens with one attached hydrogen (secondary N) is 1. The van der Waals surface area contributed by atoms with E-state index in [-0.39, 0.29) is 24.2 Å². The van der Waals surface area contributed by atoms with E-state index >= 15 is 0 Å². The number of nitrogens with two attached hydrogens (primary N) is 1. The van der Waals surface area contributed by atoms with Gasteiger partial charge in [-0.15, -0.1) is 0 Å². The van der Waals surface area contributed by atoms with Crippen LogP contribution in [0.5, 0.6) is 0 Å². The normalized spacial score (nSPS) is 14.8. The number of hydrogen-bond donors (Lipinski definition) is 2. The zero-order chi connectivity index (χ0) is 21.3. The molecular weight excluding hydrogens is 378 g/mol. The summed E-state index contributed by atoms with van der Waals surface area (Å²) in [5.41, 5.74) is 11.3. The third-order valence-electron chi connectivity index (χ3n) is 6.03. The van der Waals surface area contributed by atoms with Crippen molar-refractivity contribution in [1.29, 1.82) is 0 Å². The number of hydrogen-bond acceptors (Lipinski definition) is 4. The Hall–Kier alpha value is -3.28. The molecule has 156 valence electrons. The van der Waals surface area contributed by atoms with E-state index < -0.39 is 0 Å². The number of nitrogens with zero attached hydrogens (tertiary/aromatic N) is 1. The van der Waals surface area contributed by atoms with Gasteiger partial charge in [-0.1, -0.05) is 0 Å². The first-order valence-corrected chi connectivity index (χ1v) is 10.3. The van der Waals surface area contributed by atoms with E-state index in [2.05, 4.69) is 23.2 Å². The Kier molecular flexibility index (Phi) is 5.48. The highest BCUT2D eigenvalue weighted by Crippen LogP contribution is 2.26. The highest BCUT2D eigenvalue weighted by molar-refractivity contribution is 5.95. The van der Waals surface area contributed by atoms with E-state index in [4.69, 9.17) is 10.2 Å². The molecule has 0 radical (unpaired) electrons. The smallest absolute Gasteiger partial charge is 0.228 e. The minimum Gasteiger partial charge on any atom is -0.464 e. The third-order valence-corrected chi connectivity index (χ3v) is 6.03. The van der Waals surface area contributed by atoms with Crippen molar-refractivity contribution in [2.75, 3.05) is 23.3 Å². The quantitative estimate of drug-likeness (QED) is 0.673. The van der Waals surface area contributed by atoms with Crippen LogP contribution in [0.3, 0.4) is 0 Å². The van der Waals surface area contributed by atoms with Crippen LogP contribution in [0.25, 0.3) is 11.0 Å². The van der Waals surface area contributed by atoms with Crippen molar-refractivity contribution in [1.82, 2.24) is 0 Å². The summed E-state index contributed by atoms with van der Waals surface area (Å²) in [6.45, 7) is 5.73. The fraction of sp³-hybridized carbons (Fsp3) is 0.333. The number of fused-ring (bicyclic) bond motifs is 1. The maximum Gasteiger partial charge on any atom is 0.228 e. The Bertz CT molecular complexity index is 1080. The molecule has 2 amide bonds. The first-order valence-electron chi connectivity index (χ1n) is 10.3. The molecule has 0 aliphatic carbocycles. The zero-order valence-corrected chi connectivity index (χ0v) is 17.4. The molecule has 6 nitrogen and oxygen atoms in total. The molecule has 1 aliphatic rings. The highest BCUT2D eigenvalue weighted by atomic mass is 16.3. The van der Waals surface area contributed by atoms with Crippen LogP contribution < -0.4 is 16.0 Å². The lowest BCUT2D eigenvalue weighted by Gasteiger charge is -2.32. The average molecular weight is 405 g/mol. The van der Waals surface area contributed by atoms with Gasteiger partial charge in [0.25, 0.3) is 0 Å². The molecule has 2 aromatic carbocycles. The lowest BCUT2D eigenvalue weighted by molar-refractivity contribution is -0.122. The van der Waals surface area contributed by atoms with Gasteiger partial charge in [0.15, 0.2) is 0 Å². The third kappa shape index (κ3) is 4.17. The molecule has 0 unspecified atom stereocenters. The van der Waals surface area contributed by atoms with Crippen molar-refractivity contribution in [3.05, 3.63) is 59.4 Å². The molecule has 30 heavy (non-hydrogen) atoms. The first kappa shape index (κ1) is 20.0. The summed E-state index contributed by atoms with van der Waals surface area (Å²) in [5.74, 6) is -0.305. The van der Waals surface area contributed by atoms with Crippen LogP contribution in [0.2, 0.25) is 0 Å². The van der Waals surface area contributed by atoms with Crippen LogP contribution in [0.15, 0.2) is 47.1 Å². The molecular formula is C24H27N3O3. The fourth-order valence-corrected chi connectivity index (χ4v) is 4.03. The van der Waals surface area contributed by atoms with Crippen LogP contribution in [0.4, 0.5) is 11.4 Å². The summed E-state index contributed by atoms with van der Waals surface area (Å²) in [5, 5.41) is 3.95. The molecule has 3 aromatic rings. The van der Waals surface area contributed by atoms with Gasteiger partial charge in [0, 0.05) is 41.3 Å². The number of anilines is 2. The van der Waals surface area contributed by atoms with Gasteiger partial charge in [-0.3, -0.25) is 9.59 Å². The Balaban J connectivity index is 1.37. The van der Waals surface area contributed by atoms with Crippen LogP contribution in [-0.4, -0.2) is 24.9 Å². The average Bonchev–Trinajstić information content (AvgIpc) is 3.10. The molecule has 1 fully saturated rings. The topological polar surface area (TPSA) is 88.6 Å². The largest absolute Gasteiger partial charge is 0.464 e. The van der Waals surface area contributed by atoms with Gasteiger partial charge in [0.2, 0.25) is 11.8 Å². The summed E-state index contributed by atoms with van der Waals surface area (Å²) >= 11 is 0. The first-order chi connectivity index (χ1) is 14.4. The number of benzene rings is 2. The predicted molar refractivity (Wildman–Crippen MR) is 119 cm³/mol. The molecule has 4 rings (SSSR count). The summed E-state index contributed by atoms with van der Waals surface area (Å²) in [6, 6.07) is 11.9. The lowest BCUT2D eigenvalue weighted by atomic mass is 9.96. The van der Waals surface area contributed by atoms with Gasteiger partial charge < -0.3 is 20.4 Å². The second-order valence-electron chi connectivity index (χ2n) is 8.13. The Labute approximate surface area is 176 Å². The summed E-state index contributed by atoms with van der Waals surface area (Å²) in [7, 11) is 0. The number of carbonyl (C=O) groups is 2. The van der Waals surface area contributed by atoms with Gasteiger partial charge in [0.1, 0.15) is 5.58 Å². The molecule has 0 spiro atoms. The standard InChI is InChI=1S/C24H27N3O3/c1-15-11-21-18(14-30-22(21)12-16(15)2)13-23(28)26-19-3-5-20(6-4-19)27-9-7-17(8-10-27)24(25)29/h3-6,11-12,14,17H,7-10,13H2,1-2H3,(H2,25,29)(H,26,28). The Morgan fingerprint density at radius 2 is 1.77 bits per heavy atom. The van der Waals surface area contributed by atoms with Gasteiger partial charge in [0.05, 0.1) is 12.7 Å². The molecule has 6 heteroatoms. The number of carbonyl (C=O) groups excluding carboxylic acids is 2. The second kappa shape index (κ2) is 8.22. The molecule has 1 saturated heterocycles. The molecule has 0 saturated carbocycles. The molecule has 2 heterocycles. The molecule has 3 N–H and O–H groups in total. The number of furan rings is 1. The number of piperidine rings is 1. The van der Waals surface area contributed by atoms with Gasteiger partial charge >= 0.3 is 0 Å². The number of amides is 2. The minimum absolute atomic E-state index is 0.0217. The second-order valence-corrected chi connectivity index (χ2v) is 8.13. The number of rotatable bonds is 5. The van der Waals surface area contributed by atoms with Crippen molar-refractivity contribution in [2.24, 2.45) is 11.7 Å². The Morgan fingerprint density at radius 3 is 2.43 bits per heavy atom. The van der Waals surface area contributed by atoms with E-state index in [1.165, 1.54) is 11.1 Å². The number of aryl methyl sites for hydroxylation is 2. The molecule has 1 aliphatic heterocycles. The Morgan fingerprint density at radius 1 is 1.10 bits per heavy atom. The fourth-order valence-electron chi connectivity index (χ4n) is 4.03. The molecule has 0 atom stereocenters. The number of primary amides is 1.